The molecule has 0 atom stereocenters. The lowest BCUT2D eigenvalue weighted by atomic mass is 9.89. The Kier molecular flexibility index (Phi) is 4.33. The van der Waals surface area contributed by atoms with Crippen molar-refractivity contribution in [2.24, 2.45) is 5.41 Å². The molecule has 0 bridgehead atoms. The molecule has 110 valence electrons. The van der Waals surface area contributed by atoms with Gasteiger partial charge in [0.05, 0.1) is 13.2 Å². The van der Waals surface area contributed by atoms with Crippen molar-refractivity contribution in [2.45, 2.75) is 27.7 Å². The van der Waals surface area contributed by atoms with E-state index >= 15 is 0 Å². The third kappa shape index (κ3) is 3.51. The van der Waals surface area contributed by atoms with Gasteiger partial charge in [-0.15, -0.1) is 0 Å². The smallest absolute Gasteiger partial charge is 0.257 e. The summed E-state index contributed by atoms with van der Waals surface area (Å²) in [5, 5.41) is 2.90. The van der Waals surface area contributed by atoms with E-state index in [1.807, 2.05) is 13.8 Å². The largest absolute Gasteiger partial charge is 0.483 e. The Bertz CT molecular complexity index is 483. The number of hydrogen-bond acceptors (Lipinski definition) is 3. The summed E-state index contributed by atoms with van der Waals surface area (Å²) in [4.78, 5) is 11.8. The van der Waals surface area contributed by atoms with Gasteiger partial charge in [-0.2, -0.15) is 0 Å². The van der Waals surface area contributed by atoms with Crippen LogP contribution in [0.1, 0.15) is 23.6 Å². The van der Waals surface area contributed by atoms with E-state index in [0.29, 0.717) is 19.8 Å². The molecule has 20 heavy (non-hydrogen) atoms. The van der Waals surface area contributed by atoms with Crippen LogP contribution in [0, 0.1) is 26.2 Å². The van der Waals surface area contributed by atoms with Gasteiger partial charge in [0.25, 0.3) is 5.91 Å². The number of hydrogen-bond donors (Lipinski definition) is 1. The van der Waals surface area contributed by atoms with Gasteiger partial charge in [0.15, 0.2) is 6.61 Å². The molecule has 0 aromatic heterocycles. The van der Waals surface area contributed by atoms with E-state index in [-0.39, 0.29) is 17.9 Å². The van der Waals surface area contributed by atoms with Crippen LogP contribution in [-0.2, 0) is 9.53 Å². The first-order valence-electron chi connectivity index (χ1n) is 6.95. The molecule has 4 nitrogen and oxygen atoms in total. The zero-order valence-corrected chi connectivity index (χ0v) is 12.7. The van der Waals surface area contributed by atoms with Gasteiger partial charge in [-0.1, -0.05) is 24.6 Å². The Balaban J connectivity index is 1.84. The Labute approximate surface area is 120 Å². The van der Waals surface area contributed by atoms with E-state index in [1.54, 1.807) is 0 Å². The highest BCUT2D eigenvalue weighted by atomic mass is 16.5. The monoisotopic (exact) mass is 277 g/mol. The van der Waals surface area contributed by atoms with E-state index in [2.05, 4.69) is 31.3 Å². The van der Waals surface area contributed by atoms with Crippen molar-refractivity contribution in [1.82, 2.24) is 5.32 Å². The summed E-state index contributed by atoms with van der Waals surface area (Å²) >= 11 is 0. The molecule has 1 saturated heterocycles. The minimum atomic E-state index is -0.0856. The Morgan fingerprint density at radius 1 is 1.30 bits per heavy atom. The predicted octanol–water partition coefficient (Wildman–Crippen LogP) is 2.14. The molecule has 1 aliphatic heterocycles. The molecule has 0 aliphatic carbocycles. The fraction of sp³-hybridized carbons (Fsp3) is 0.562. The molecule has 0 spiro atoms. The summed E-state index contributed by atoms with van der Waals surface area (Å²) in [6, 6.07) is 4.12. The minimum Gasteiger partial charge on any atom is -0.483 e. The van der Waals surface area contributed by atoms with Crippen LogP contribution < -0.4 is 10.1 Å². The molecule has 1 amide bonds. The first-order chi connectivity index (χ1) is 9.39. The van der Waals surface area contributed by atoms with Gasteiger partial charge in [0, 0.05) is 12.0 Å². The van der Waals surface area contributed by atoms with Crippen LogP contribution in [-0.4, -0.2) is 32.3 Å². The molecule has 1 N–H and O–H groups in total. The summed E-state index contributed by atoms with van der Waals surface area (Å²) < 4.78 is 10.8. The van der Waals surface area contributed by atoms with Crippen LogP contribution in [0.4, 0.5) is 0 Å². The van der Waals surface area contributed by atoms with Crippen LogP contribution in [0.5, 0.6) is 5.75 Å². The maximum absolute atomic E-state index is 11.8. The van der Waals surface area contributed by atoms with Crippen molar-refractivity contribution in [3.63, 3.8) is 0 Å². The average Bonchev–Trinajstić information content (AvgIpc) is 2.32. The fourth-order valence-electron chi connectivity index (χ4n) is 2.45. The molecule has 1 fully saturated rings. The molecule has 4 heteroatoms. The Morgan fingerprint density at radius 3 is 2.40 bits per heavy atom. The van der Waals surface area contributed by atoms with Gasteiger partial charge >= 0.3 is 0 Å². The van der Waals surface area contributed by atoms with E-state index in [0.717, 1.165) is 16.9 Å². The predicted molar refractivity (Wildman–Crippen MR) is 78.1 cm³/mol. The van der Waals surface area contributed by atoms with E-state index < -0.39 is 0 Å². The van der Waals surface area contributed by atoms with Crippen LogP contribution in [0.3, 0.4) is 0 Å². The SMILES string of the molecule is Cc1cc(C)c(OCC(=O)NCC2(C)COC2)c(C)c1. The van der Waals surface area contributed by atoms with Crippen molar-refractivity contribution >= 4 is 5.91 Å². The molecule has 1 aromatic rings. The summed E-state index contributed by atoms with van der Waals surface area (Å²) in [6.07, 6.45) is 0. The lowest BCUT2D eigenvalue weighted by molar-refractivity contribution is -0.128. The van der Waals surface area contributed by atoms with Crippen molar-refractivity contribution in [2.75, 3.05) is 26.4 Å². The van der Waals surface area contributed by atoms with Gasteiger partial charge in [-0.05, 0) is 31.9 Å². The van der Waals surface area contributed by atoms with Crippen LogP contribution >= 0.6 is 0 Å². The number of rotatable bonds is 5. The summed E-state index contributed by atoms with van der Waals surface area (Å²) in [5.74, 6) is 0.724. The van der Waals surface area contributed by atoms with Crippen molar-refractivity contribution < 1.29 is 14.3 Å². The molecule has 1 aromatic carbocycles. The molecular weight excluding hydrogens is 254 g/mol. The third-order valence-corrected chi connectivity index (χ3v) is 3.57. The number of amides is 1. The van der Waals surface area contributed by atoms with Crippen LogP contribution in [0.25, 0.3) is 0 Å². The summed E-state index contributed by atoms with van der Waals surface area (Å²) in [7, 11) is 0. The molecule has 0 saturated carbocycles. The highest BCUT2D eigenvalue weighted by Crippen LogP contribution is 2.25. The maximum Gasteiger partial charge on any atom is 0.257 e. The average molecular weight is 277 g/mol. The second-order valence-electron chi connectivity index (χ2n) is 6.10. The second-order valence-corrected chi connectivity index (χ2v) is 6.10. The highest BCUT2D eigenvalue weighted by molar-refractivity contribution is 5.77. The molecule has 0 radical (unpaired) electrons. The number of ether oxygens (including phenoxy) is 2. The number of benzene rings is 1. The molecule has 1 heterocycles. The van der Waals surface area contributed by atoms with E-state index in [4.69, 9.17) is 9.47 Å². The fourth-order valence-corrected chi connectivity index (χ4v) is 2.45. The molecular formula is C16H23NO3. The third-order valence-electron chi connectivity index (χ3n) is 3.57. The lowest BCUT2D eigenvalue weighted by Gasteiger charge is -2.37. The normalized spacial score (nSPS) is 16.4. The van der Waals surface area contributed by atoms with Gasteiger partial charge in [-0.25, -0.2) is 0 Å². The number of nitrogens with one attached hydrogen (secondary N) is 1. The molecule has 2 rings (SSSR count). The minimum absolute atomic E-state index is 0.0572. The lowest BCUT2D eigenvalue weighted by Crippen LogP contribution is -2.49. The van der Waals surface area contributed by atoms with Crippen molar-refractivity contribution in [3.05, 3.63) is 28.8 Å². The van der Waals surface area contributed by atoms with Gasteiger partial charge in [-0.3, -0.25) is 4.79 Å². The summed E-state index contributed by atoms with van der Waals surface area (Å²) in [6.45, 7) is 10.3. The Morgan fingerprint density at radius 2 is 1.90 bits per heavy atom. The summed E-state index contributed by atoms with van der Waals surface area (Å²) in [5.41, 5.74) is 3.42. The van der Waals surface area contributed by atoms with Gasteiger partial charge in [0.1, 0.15) is 5.75 Å². The van der Waals surface area contributed by atoms with Gasteiger partial charge in [0.2, 0.25) is 0 Å². The van der Waals surface area contributed by atoms with E-state index in [1.165, 1.54) is 5.56 Å². The highest BCUT2D eigenvalue weighted by Gasteiger charge is 2.33. The topological polar surface area (TPSA) is 47.6 Å². The van der Waals surface area contributed by atoms with Gasteiger partial charge < -0.3 is 14.8 Å². The van der Waals surface area contributed by atoms with Crippen LogP contribution in [0.15, 0.2) is 12.1 Å². The van der Waals surface area contributed by atoms with Crippen LogP contribution in [0.2, 0.25) is 0 Å². The maximum atomic E-state index is 11.8. The number of aryl methyl sites for hydroxylation is 3. The molecule has 0 unspecified atom stereocenters. The quantitative estimate of drug-likeness (QED) is 0.897. The first-order valence-corrected chi connectivity index (χ1v) is 6.95. The zero-order chi connectivity index (χ0) is 14.8. The standard InChI is InChI=1S/C16H23NO3/c1-11-5-12(2)15(13(3)6-11)20-7-14(18)17-8-16(4)9-19-10-16/h5-6H,7-10H2,1-4H3,(H,17,18). The zero-order valence-electron chi connectivity index (χ0n) is 12.7. The second kappa shape index (κ2) is 5.83. The van der Waals surface area contributed by atoms with E-state index in [9.17, 15) is 4.79 Å². The first kappa shape index (κ1) is 14.9. The Hall–Kier alpha value is -1.55. The number of carbonyl (C=O) groups is 1. The van der Waals surface area contributed by atoms with Crippen molar-refractivity contribution in [3.8, 4) is 5.75 Å². The molecule has 1 aliphatic rings. The van der Waals surface area contributed by atoms with Crippen molar-refractivity contribution in [1.29, 1.82) is 0 Å². The number of carbonyl (C=O) groups excluding carboxylic acids is 1.